The van der Waals surface area contributed by atoms with E-state index in [1.807, 2.05) is 6.92 Å². The fourth-order valence-corrected chi connectivity index (χ4v) is 4.53. The lowest BCUT2D eigenvalue weighted by atomic mass is 9.86. The van der Waals surface area contributed by atoms with E-state index < -0.39 is 53.9 Å². The molecular weight excluding hydrogens is 492 g/mol. The molecule has 2 rings (SSSR count). The Morgan fingerprint density at radius 3 is 2.39 bits per heavy atom. The Morgan fingerprint density at radius 2 is 1.79 bits per heavy atom. The van der Waals surface area contributed by atoms with Gasteiger partial charge in [-0.15, -0.1) is 0 Å². The second-order valence-corrected chi connectivity index (χ2v) is 9.79. The highest BCUT2D eigenvalue weighted by atomic mass is 16.6. The molecule has 0 aromatic rings. The zero-order chi connectivity index (χ0) is 28.6. The molecule has 0 radical (unpaired) electrons. The largest absolute Gasteiger partial charge is 0.439 e. The summed E-state index contributed by atoms with van der Waals surface area (Å²) in [6, 6.07) is 0. The molecular formula is C28H38N2O8. The Bertz CT molecular complexity index is 1080. The molecule has 0 spiro atoms. The summed E-state index contributed by atoms with van der Waals surface area (Å²) < 4.78 is 16.4. The van der Waals surface area contributed by atoms with Crippen LogP contribution >= 0.6 is 0 Å². The molecule has 10 heteroatoms. The Labute approximate surface area is 223 Å². The molecule has 1 aliphatic carbocycles. The molecule has 0 aromatic heterocycles. The Balaban J connectivity index is 2.53. The first kappa shape index (κ1) is 30.9. The summed E-state index contributed by atoms with van der Waals surface area (Å²) in [4.78, 5) is 49.7. The van der Waals surface area contributed by atoms with Crippen molar-refractivity contribution in [3.8, 4) is 0 Å². The highest BCUT2D eigenvalue weighted by Gasteiger charge is 2.31. The van der Waals surface area contributed by atoms with E-state index in [2.05, 4.69) is 5.32 Å². The number of rotatable bonds is 3. The molecule has 0 unspecified atom stereocenters. The Kier molecular flexibility index (Phi) is 11.4. The van der Waals surface area contributed by atoms with Gasteiger partial charge in [0.15, 0.2) is 11.9 Å². The standard InChI is InChI=1S/C28H38N2O8/c1-15-10-19-13-20(31)14-21(25(19)33)30-27(34)16(2)8-7-9-22(36-5)26(38-28(29)35)18(4)12-17(3)24(32)23(11-15)37-6/h7-9,12-15,17,22-24,26,32H,10-11H2,1-6H3,(H2,29,35)(H,30,34)/b9-7-,16-8+,18-12+/t15-,17+,22+,23+,24-,26+/m1/s1. The Hall–Kier alpha value is -3.34. The molecule has 1 aliphatic heterocycles. The maximum atomic E-state index is 13.0. The molecule has 0 fully saturated rings. The van der Waals surface area contributed by atoms with Crippen LogP contribution in [0, 0.1) is 11.8 Å². The van der Waals surface area contributed by atoms with Crippen LogP contribution < -0.4 is 11.1 Å². The average molecular weight is 531 g/mol. The number of primary amides is 1. The number of carbonyl (C=O) groups is 4. The van der Waals surface area contributed by atoms with Crippen LogP contribution in [0.2, 0.25) is 0 Å². The van der Waals surface area contributed by atoms with Crippen molar-refractivity contribution in [3.05, 3.63) is 58.9 Å². The summed E-state index contributed by atoms with van der Waals surface area (Å²) in [7, 11) is 2.92. The second-order valence-electron chi connectivity index (χ2n) is 9.79. The summed E-state index contributed by atoms with van der Waals surface area (Å²) in [5.74, 6) is -1.93. The van der Waals surface area contributed by atoms with E-state index in [4.69, 9.17) is 19.9 Å². The predicted octanol–water partition coefficient (Wildman–Crippen LogP) is 2.43. The quantitative estimate of drug-likeness (QED) is 0.371. The van der Waals surface area contributed by atoms with Crippen LogP contribution in [0.1, 0.15) is 40.5 Å². The van der Waals surface area contributed by atoms with E-state index >= 15 is 0 Å². The summed E-state index contributed by atoms with van der Waals surface area (Å²) in [6.07, 6.45) is 5.27. The van der Waals surface area contributed by atoms with E-state index in [-0.39, 0.29) is 29.2 Å². The first-order valence-corrected chi connectivity index (χ1v) is 12.4. The third kappa shape index (κ3) is 8.34. The molecule has 208 valence electrons. The van der Waals surface area contributed by atoms with Crippen LogP contribution in [-0.4, -0.2) is 67.3 Å². The number of aliphatic hydroxyl groups excluding tert-OH is 1. The van der Waals surface area contributed by atoms with Crippen molar-refractivity contribution < 1.29 is 38.5 Å². The number of nitrogens with one attached hydrogen (secondary N) is 1. The van der Waals surface area contributed by atoms with Crippen LogP contribution in [0.3, 0.4) is 0 Å². The first-order chi connectivity index (χ1) is 17.9. The molecule has 2 bridgehead atoms. The number of allylic oxidation sites excluding steroid dienone is 5. The zero-order valence-electron chi connectivity index (χ0n) is 22.7. The van der Waals surface area contributed by atoms with E-state index in [9.17, 15) is 24.3 Å². The fourth-order valence-electron chi connectivity index (χ4n) is 4.53. The number of ketones is 2. The van der Waals surface area contributed by atoms with Gasteiger partial charge in [-0.1, -0.05) is 38.2 Å². The average Bonchev–Trinajstić information content (AvgIpc) is 2.85. The van der Waals surface area contributed by atoms with Crippen molar-refractivity contribution >= 4 is 23.6 Å². The van der Waals surface area contributed by atoms with Crippen LogP contribution in [-0.2, 0) is 28.6 Å². The van der Waals surface area contributed by atoms with Gasteiger partial charge in [0, 0.05) is 37.4 Å². The number of ether oxygens (including phenoxy) is 3. The van der Waals surface area contributed by atoms with Crippen LogP contribution in [0.25, 0.3) is 0 Å². The zero-order valence-corrected chi connectivity index (χ0v) is 22.7. The van der Waals surface area contributed by atoms with E-state index in [0.29, 0.717) is 12.0 Å². The molecule has 38 heavy (non-hydrogen) atoms. The topological polar surface area (TPSA) is 154 Å². The lowest BCUT2D eigenvalue weighted by Gasteiger charge is -2.29. The number of fused-ring (bicyclic) bond motifs is 2. The number of nitrogens with two attached hydrogens (primary N) is 1. The van der Waals surface area contributed by atoms with Gasteiger partial charge in [-0.05, 0) is 44.3 Å². The van der Waals surface area contributed by atoms with Crippen molar-refractivity contribution in [2.24, 2.45) is 17.6 Å². The molecule has 6 atom stereocenters. The van der Waals surface area contributed by atoms with Gasteiger partial charge in [0.2, 0.25) is 5.78 Å². The molecule has 0 saturated carbocycles. The lowest BCUT2D eigenvalue weighted by Crippen LogP contribution is -2.37. The predicted molar refractivity (Wildman–Crippen MR) is 141 cm³/mol. The summed E-state index contributed by atoms with van der Waals surface area (Å²) in [5.41, 5.74) is 6.35. The van der Waals surface area contributed by atoms with E-state index in [1.54, 1.807) is 39.0 Å². The van der Waals surface area contributed by atoms with Crippen LogP contribution in [0.4, 0.5) is 4.79 Å². The number of carbonyl (C=O) groups excluding carboxylic acids is 4. The van der Waals surface area contributed by atoms with Gasteiger partial charge in [-0.25, -0.2) is 4.79 Å². The second kappa shape index (κ2) is 14.0. The van der Waals surface area contributed by atoms with Gasteiger partial charge >= 0.3 is 6.09 Å². The molecule has 2 amide bonds. The molecule has 2 aliphatic rings. The van der Waals surface area contributed by atoms with Gasteiger partial charge in [-0.2, -0.15) is 0 Å². The minimum Gasteiger partial charge on any atom is -0.439 e. The van der Waals surface area contributed by atoms with Crippen molar-refractivity contribution in [2.75, 3.05) is 14.2 Å². The number of aliphatic hydroxyl groups is 1. The van der Waals surface area contributed by atoms with Crippen molar-refractivity contribution in [3.63, 3.8) is 0 Å². The summed E-state index contributed by atoms with van der Waals surface area (Å²) in [6.45, 7) is 6.98. The summed E-state index contributed by atoms with van der Waals surface area (Å²) in [5, 5.41) is 13.6. The van der Waals surface area contributed by atoms with Gasteiger partial charge in [0.1, 0.15) is 6.10 Å². The fraction of sp³-hybridized carbons (Fsp3) is 0.500. The number of hydrogen-bond donors (Lipinski definition) is 3. The number of amides is 2. The number of hydrogen-bond acceptors (Lipinski definition) is 8. The van der Waals surface area contributed by atoms with E-state index in [0.717, 1.165) is 6.08 Å². The molecule has 10 nitrogen and oxygen atoms in total. The SMILES string of the molecule is CO[C@H]1/C=C\C=C(/C)C(=O)NC2=CC(=O)C=C(C[C@@H](C)C[C@H](OC)[C@H](O)[C@@H](C)/C=C(\C)[C@@H]1OC(N)=O)C2=O. The highest BCUT2D eigenvalue weighted by molar-refractivity contribution is 6.21. The van der Waals surface area contributed by atoms with Gasteiger partial charge in [0.05, 0.1) is 17.9 Å². The van der Waals surface area contributed by atoms with Crippen molar-refractivity contribution in [1.29, 1.82) is 0 Å². The van der Waals surface area contributed by atoms with Crippen LogP contribution in [0.15, 0.2) is 58.9 Å². The first-order valence-electron chi connectivity index (χ1n) is 12.4. The van der Waals surface area contributed by atoms with Gasteiger partial charge in [-0.3, -0.25) is 14.4 Å². The third-order valence-corrected chi connectivity index (χ3v) is 6.61. The molecule has 1 heterocycles. The lowest BCUT2D eigenvalue weighted by molar-refractivity contribution is -0.120. The monoisotopic (exact) mass is 530 g/mol. The third-order valence-electron chi connectivity index (χ3n) is 6.61. The van der Waals surface area contributed by atoms with Crippen molar-refractivity contribution in [2.45, 2.75) is 65.0 Å². The van der Waals surface area contributed by atoms with Crippen LogP contribution in [0.5, 0.6) is 0 Å². The Morgan fingerprint density at radius 1 is 1.11 bits per heavy atom. The molecule has 0 saturated heterocycles. The van der Waals surface area contributed by atoms with Crippen molar-refractivity contribution in [1.82, 2.24) is 5.32 Å². The normalized spacial score (nSPS) is 33.6. The molecule has 4 N–H and O–H groups in total. The van der Waals surface area contributed by atoms with Gasteiger partial charge in [0.25, 0.3) is 5.91 Å². The number of methoxy groups -OCH3 is 2. The maximum absolute atomic E-state index is 13.0. The minimum atomic E-state index is -0.993. The number of Topliss-reactive ketones (excluding diaryl/α,β-unsaturated/α-hetero) is 1. The van der Waals surface area contributed by atoms with Gasteiger partial charge < -0.3 is 30.4 Å². The molecule has 0 aromatic carbocycles. The minimum absolute atomic E-state index is 0.0965. The summed E-state index contributed by atoms with van der Waals surface area (Å²) >= 11 is 0. The van der Waals surface area contributed by atoms with E-state index in [1.165, 1.54) is 26.4 Å². The highest BCUT2D eigenvalue weighted by Crippen LogP contribution is 2.27. The maximum Gasteiger partial charge on any atom is 0.405 e. The smallest absolute Gasteiger partial charge is 0.405 e.